The van der Waals surface area contributed by atoms with Crippen LogP contribution in [0.2, 0.25) is 0 Å². The molecule has 0 bridgehead atoms. The maximum Gasteiger partial charge on any atom is 0.186 e. The summed E-state index contributed by atoms with van der Waals surface area (Å²) >= 11 is 1.78. The molecule has 21 heavy (non-hydrogen) atoms. The van der Waals surface area contributed by atoms with Crippen LogP contribution in [-0.4, -0.2) is 16.6 Å². The second-order valence-electron chi connectivity index (χ2n) is 6.01. The monoisotopic (exact) mass is 300 g/mol. The Balaban J connectivity index is 1.65. The van der Waals surface area contributed by atoms with E-state index in [1.54, 1.807) is 11.3 Å². The number of hydrogen-bond acceptors (Lipinski definition) is 4. The second-order valence-corrected chi connectivity index (χ2v) is 7.07. The number of thiazole rings is 1. The van der Waals surface area contributed by atoms with E-state index < -0.39 is 0 Å². The summed E-state index contributed by atoms with van der Waals surface area (Å²) < 4.78 is 0. The number of benzene rings is 1. The van der Waals surface area contributed by atoms with Gasteiger partial charge in [0.15, 0.2) is 5.13 Å². The lowest BCUT2D eigenvalue weighted by molar-refractivity contribution is 0.153. The number of rotatable bonds is 1. The molecule has 1 atom stereocenters. The number of aliphatic hydroxyl groups excluding tert-OH is 1. The minimum absolute atomic E-state index is 0.349. The number of hydrogen-bond donors (Lipinski definition) is 1. The third kappa shape index (κ3) is 2.47. The van der Waals surface area contributed by atoms with Crippen LogP contribution in [0.1, 0.15) is 47.1 Å². The predicted octanol–water partition coefficient (Wildman–Crippen LogP) is 3.47. The van der Waals surface area contributed by atoms with Gasteiger partial charge in [0.25, 0.3) is 0 Å². The van der Waals surface area contributed by atoms with Gasteiger partial charge in [-0.15, -0.1) is 11.3 Å². The molecule has 0 fully saturated rings. The lowest BCUT2D eigenvalue weighted by Gasteiger charge is -2.19. The highest BCUT2D eigenvalue weighted by Crippen LogP contribution is 2.37. The number of aliphatic hydroxyl groups is 1. The van der Waals surface area contributed by atoms with Gasteiger partial charge in [0, 0.05) is 18.0 Å². The zero-order valence-corrected chi connectivity index (χ0v) is 12.9. The van der Waals surface area contributed by atoms with Gasteiger partial charge in [0.1, 0.15) is 0 Å². The summed E-state index contributed by atoms with van der Waals surface area (Å²) in [5.74, 6) is 0. The van der Waals surface area contributed by atoms with Crippen LogP contribution in [0.15, 0.2) is 24.3 Å². The highest BCUT2D eigenvalue weighted by molar-refractivity contribution is 7.15. The van der Waals surface area contributed by atoms with Crippen LogP contribution in [0.3, 0.4) is 0 Å². The molecule has 1 N–H and O–H groups in total. The van der Waals surface area contributed by atoms with E-state index in [-0.39, 0.29) is 6.10 Å². The van der Waals surface area contributed by atoms with E-state index in [1.165, 1.54) is 22.4 Å². The van der Waals surface area contributed by atoms with E-state index >= 15 is 0 Å². The van der Waals surface area contributed by atoms with Crippen LogP contribution in [0.25, 0.3) is 0 Å². The molecule has 1 aliphatic heterocycles. The molecule has 0 amide bonds. The first-order valence-corrected chi connectivity index (χ1v) is 8.62. The first kappa shape index (κ1) is 13.3. The summed E-state index contributed by atoms with van der Waals surface area (Å²) in [6, 6.07) is 8.73. The maximum absolute atomic E-state index is 10.1. The van der Waals surface area contributed by atoms with Crippen molar-refractivity contribution in [2.45, 2.75) is 44.8 Å². The fraction of sp³-hybridized carbons (Fsp3) is 0.471. The van der Waals surface area contributed by atoms with Crippen LogP contribution >= 0.6 is 11.3 Å². The first-order valence-electron chi connectivity index (χ1n) is 7.80. The van der Waals surface area contributed by atoms with Crippen LogP contribution in [0, 0.1) is 0 Å². The first-order chi connectivity index (χ1) is 10.3. The Hall–Kier alpha value is -1.39. The minimum atomic E-state index is -0.349. The number of anilines is 1. The summed E-state index contributed by atoms with van der Waals surface area (Å²) in [5, 5.41) is 11.2. The molecule has 4 rings (SSSR count). The number of aromatic nitrogens is 1. The molecular weight excluding hydrogens is 280 g/mol. The van der Waals surface area contributed by atoms with Gasteiger partial charge in [0.2, 0.25) is 0 Å². The molecule has 0 saturated carbocycles. The van der Waals surface area contributed by atoms with Gasteiger partial charge in [-0.05, 0) is 43.2 Å². The third-order valence-electron chi connectivity index (χ3n) is 4.54. The quantitative estimate of drug-likeness (QED) is 0.876. The van der Waals surface area contributed by atoms with E-state index in [9.17, 15) is 5.11 Å². The van der Waals surface area contributed by atoms with Gasteiger partial charge in [0.05, 0.1) is 11.8 Å². The smallest absolute Gasteiger partial charge is 0.186 e. The van der Waals surface area contributed by atoms with Crippen LogP contribution < -0.4 is 4.90 Å². The maximum atomic E-state index is 10.1. The number of fused-ring (bicyclic) bond motifs is 2. The summed E-state index contributed by atoms with van der Waals surface area (Å²) in [6.07, 6.45) is 4.99. The van der Waals surface area contributed by atoms with Crippen LogP contribution in [0.5, 0.6) is 0 Å². The van der Waals surface area contributed by atoms with Crippen molar-refractivity contribution < 1.29 is 5.11 Å². The molecule has 1 aromatic heterocycles. The highest BCUT2D eigenvalue weighted by atomic mass is 32.1. The molecule has 1 aromatic carbocycles. The van der Waals surface area contributed by atoms with Gasteiger partial charge < -0.3 is 10.0 Å². The Kier molecular flexibility index (Phi) is 3.43. The highest BCUT2D eigenvalue weighted by Gasteiger charge is 2.25. The average Bonchev–Trinajstić information content (AvgIpc) is 2.82. The summed E-state index contributed by atoms with van der Waals surface area (Å²) in [7, 11) is 0. The van der Waals surface area contributed by atoms with E-state index in [0.29, 0.717) is 0 Å². The summed E-state index contributed by atoms with van der Waals surface area (Å²) in [5.41, 5.74) is 3.84. The van der Waals surface area contributed by atoms with Gasteiger partial charge in [-0.2, -0.15) is 0 Å². The average molecular weight is 300 g/mol. The van der Waals surface area contributed by atoms with Gasteiger partial charge in [-0.25, -0.2) is 4.98 Å². The van der Waals surface area contributed by atoms with E-state index in [1.807, 2.05) is 0 Å². The number of aryl methyl sites for hydroxylation is 2. The third-order valence-corrected chi connectivity index (χ3v) is 5.73. The largest absolute Gasteiger partial charge is 0.387 e. The van der Waals surface area contributed by atoms with E-state index in [2.05, 4.69) is 29.2 Å². The zero-order chi connectivity index (χ0) is 14.2. The lowest BCUT2D eigenvalue weighted by Crippen LogP contribution is -2.22. The fourth-order valence-corrected chi connectivity index (χ4v) is 4.56. The molecule has 3 nitrogen and oxygen atoms in total. The van der Waals surface area contributed by atoms with Crippen molar-refractivity contribution >= 4 is 16.5 Å². The molecule has 110 valence electrons. The SMILES string of the molecule is OC1CCCc2sc(N3CCCc4ccccc4C3)nc21. The van der Waals surface area contributed by atoms with Crippen LogP contribution in [-0.2, 0) is 19.4 Å². The van der Waals surface area contributed by atoms with Crippen molar-refractivity contribution in [3.05, 3.63) is 46.0 Å². The van der Waals surface area contributed by atoms with Crippen molar-refractivity contribution in [1.82, 2.24) is 4.98 Å². The topological polar surface area (TPSA) is 36.4 Å². The normalized spacial score (nSPS) is 21.6. The van der Waals surface area contributed by atoms with E-state index in [0.717, 1.165) is 49.6 Å². The van der Waals surface area contributed by atoms with Crippen molar-refractivity contribution in [1.29, 1.82) is 0 Å². The zero-order valence-electron chi connectivity index (χ0n) is 12.1. The Morgan fingerprint density at radius 2 is 2.00 bits per heavy atom. The van der Waals surface area contributed by atoms with Crippen molar-refractivity contribution in [2.24, 2.45) is 0 Å². The molecule has 0 radical (unpaired) electrons. The molecule has 1 unspecified atom stereocenters. The molecular formula is C17H20N2OS. The second kappa shape index (κ2) is 5.43. The number of nitrogens with zero attached hydrogens (tertiary/aromatic N) is 2. The predicted molar refractivity (Wildman–Crippen MR) is 85.8 cm³/mol. The molecule has 4 heteroatoms. The van der Waals surface area contributed by atoms with Crippen molar-refractivity contribution in [3.8, 4) is 0 Å². The summed E-state index contributed by atoms with van der Waals surface area (Å²) in [6.45, 7) is 2.00. The Morgan fingerprint density at radius 3 is 2.86 bits per heavy atom. The minimum Gasteiger partial charge on any atom is -0.387 e. The van der Waals surface area contributed by atoms with Crippen molar-refractivity contribution in [3.63, 3.8) is 0 Å². The Bertz CT molecular complexity index is 652. The van der Waals surface area contributed by atoms with Crippen LogP contribution in [0.4, 0.5) is 5.13 Å². The molecule has 2 aromatic rings. The van der Waals surface area contributed by atoms with Crippen molar-refractivity contribution in [2.75, 3.05) is 11.4 Å². The van der Waals surface area contributed by atoms with Gasteiger partial charge in [-0.3, -0.25) is 0 Å². The Labute approximate surface area is 129 Å². The molecule has 2 heterocycles. The van der Waals surface area contributed by atoms with Gasteiger partial charge in [-0.1, -0.05) is 24.3 Å². The van der Waals surface area contributed by atoms with E-state index in [4.69, 9.17) is 4.98 Å². The van der Waals surface area contributed by atoms with Gasteiger partial charge >= 0.3 is 0 Å². The fourth-order valence-electron chi connectivity index (χ4n) is 3.38. The molecule has 2 aliphatic rings. The lowest BCUT2D eigenvalue weighted by atomic mass is 10.0. The standard InChI is InChI=1S/C17H20N2OS/c20-14-8-3-9-15-16(14)18-17(21-15)19-10-4-7-12-5-1-2-6-13(12)11-19/h1-2,5-6,14,20H,3-4,7-11H2. The molecule has 1 aliphatic carbocycles. The molecule has 0 spiro atoms. The summed E-state index contributed by atoms with van der Waals surface area (Å²) in [4.78, 5) is 8.45. The Morgan fingerprint density at radius 1 is 1.14 bits per heavy atom. The molecule has 0 saturated heterocycles.